The topological polar surface area (TPSA) is 27.7 Å². The maximum Gasteiger partial charge on any atom is 0.192 e. The second kappa shape index (κ2) is 10.1. The van der Waals surface area contributed by atoms with Crippen LogP contribution in [-0.4, -0.2) is 40.4 Å². The van der Waals surface area contributed by atoms with Gasteiger partial charge in [-0.15, -0.1) is 6.58 Å². The van der Waals surface area contributed by atoms with E-state index in [9.17, 15) is 0 Å². The molecule has 1 aliphatic rings. The Bertz CT molecular complexity index is 753. The molecule has 1 aromatic carbocycles. The molecule has 6 heteroatoms. The Morgan fingerprint density at radius 2 is 1.59 bits per heavy atom. The van der Waals surface area contributed by atoms with E-state index in [4.69, 9.17) is 13.6 Å². The maximum absolute atomic E-state index is 7.04. The van der Waals surface area contributed by atoms with Crippen LogP contribution in [0.5, 0.6) is 0 Å². The molecule has 0 saturated carbocycles. The number of hydrogen-bond donors (Lipinski definition) is 0. The zero-order valence-corrected chi connectivity index (χ0v) is 24.9. The Balaban J connectivity index is 2.35. The lowest BCUT2D eigenvalue weighted by atomic mass is 9.94. The van der Waals surface area contributed by atoms with Gasteiger partial charge in [0.25, 0.3) is 0 Å². The van der Waals surface area contributed by atoms with Gasteiger partial charge < -0.3 is 13.6 Å². The first-order valence-corrected chi connectivity index (χ1v) is 18.5. The minimum Gasteiger partial charge on any atom is -0.414 e. The van der Waals surface area contributed by atoms with Crippen molar-refractivity contribution in [3.05, 3.63) is 43.0 Å². The van der Waals surface area contributed by atoms with Crippen LogP contribution in [0.2, 0.25) is 36.3 Å². The van der Waals surface area contributed by atoms with Gasteiger partial charge in [-0.1, -0.05) is 77.6 Å². The van der Waals surface area contributed by atoms with Gasteiger partial charge in [-0.05, 0) is 54.8 Å². The third kappa shape index (κ3) is 6.60. The molecule has 0 radical (unpaired) electrons. The third-order valence-corrected chi connectivity index (χ3v) is 17.6. The van der Waals surface area contributed by atoms with Crippen LogP contribution in [0.4, 0.5) is 0 Å². The number of thioether (sulfide) groups is 1. The first kappa shape index (κ1) is 27.9. The maximum atomic E-state index is 7.04. The predicted octanol–water partition coefficient (Wildman–Crippen LogP) is 8.25. The molecule has 0 aliphatic carbocycles. The normalized spacial score (nSPS) is 25.2. The zero-order valence-electron chi connectivity index (χ0n) is 22.1. The van der Waals surface area contributed by atoms with Crippen molar-refractivity contribution in [1.82, 2.24) is 0 Å². The molecule has 0 aromatic heterocycles. The predicted molar refractivity (Wildman–Crippen MR) is 145 cm³/mol. The summed E-state index contributed by atoms with van der Waals surface area (Å²) in [6.45, 7) is 27.7. The van der Waals surface area contributed by atoms with Crippen molar-refractivity contribution in [3.8, 4) is 0 Å². The van der Waals surface area contributed by atoms with E-state index in [0.717, 1.165) is 12.8 Å². The summed E-state index contributed by atoms with van der Waals surface area (Å²) >= 11 is 1.79. The summed E-state index contributed by atoms with van der Waals surface area (Å²) in [5.41, 5.74) is -0.464. The lowest BCUT2D eigenvalue weighted by molar-refractivity contribution is -0.0862. The van der Waals surface area contributed by atoms with Crippen molar-refractivity contribution in [3.63, 3.8) is 0 Å². The molecule has 0 amide bonds. The molecule has 1 saturated heterocycles. The van der Waals surface area contributed by atoms with E-state index >= 15 is 0 Å². The monoisotopic (exact) mass is 494 g/mol. The van der Waals surface area contributed by atoms with Gasteiger partial charge in [0.05, 0.1) is 12.7 Å². The lowest BCUT2D eigenvalue weighted by Gasteiger charge is -2.45. The molecule has 182 valence electrons. The van der Waals surface area contributed by atoms with Gasteiger partial charge >= 0.3 is 0 Å². The molecule has 1 fully saturated rings. The van der Waals surface area contributed by atoms with Gasteiger partial charge in [0.1, 0.15) is 11.0 Å². The van der Waals surface area contributed by atoms with E-state index < -0.39 is 22.2 Å². The fourth-order valence-electron chi connectivity index (χ4n) is 3.32. The molecule has 0 N–H and O–H groups in total. The quantitative estimate of drug-likeness (QED) is 0.255. The molecule has 1 unspecified atom stereocenters. The van der Waals surface area contributed by atoms with Gasteiger partial charge in [0.15, 0.2) is 16.6 Å². The average Bonchev–Trinajstić information content (AvgIpc) is 2.96. The molecule has 1 aromatic rings. The number of ether oxygens (including phenoxy) is 1. The SMILES string of the molecule is C=CC[C@]1(CO[Si](C)(C)C(C)(C)C)OC(Sc2ccccc2)C[C@H]1O[Si](C)(C)C(C)(C)C. The Morgan fingerprint density at radius 3 is 2.09 bits per heavy atom. The summed E-state index contributed by atoms with van der Waals surface area (Å²) in [5.74, 6) is 0. The van der Waals surface area contributed by atoms with Crippen LogP contribution < -0.4 is 0 Å². The summed E-state index contributed by atoms with van der Waals surface area (Å²) in [7, 11) is -3.92. The van der Waals surface area contributed by atoms with Crippen LogP contribution in [-0.2, 0) is 13.6 Å². The van der Waals surface area contributed by atoms with E-state index in [1.54, 1.807) is 11.8 Å². The lowest BCUT2D eigenvalue weighted by Crippen LogP contribution is -2.54. The number of benzene rings is 1. The van der Waals surface area contributed by atoms with Crippen molar-refractivity contribution >= 4 is 28.4 Å². The highest BCUT2D eigenvalue weighted by atomic mass is 32.2. The fourth-order valence-corrected chi connectivity index (χ4v) is 6.86. The summed E-state index contributed by atoms with van der Waals surface area (Å²) in [5, 5.41) is 0.285. The van der Waals surface area contributed by atoms with Gasteiger partial charge in [0.2, 0.25) is 0 Å². The zero-order chi connectivity index (χ0) is 24.4. The molecular formula is C26H46O3SSi2. The Morgan fingerprint density at radius 1 is 1.03 bits per heavy atom. The highest BCUT2D eigenvalue weighted by Gasteiger charge is 2.54. The summed E-state index contributed by atoms with van der Waals surface area (Å²) in [6.07, 6.45) is 3.56. The summed E-state index contributed by atoms with van der Waals surface area (Å²) < 4.78 is 20.7. The summed E-state index contributed by atoms with van der Waals surface area (Å²) in [6, 6.07) is 10.5. The van der Waals surface area contributed by atoms with E-state index in [0.29, 0.717) is 6.61 Å². The van der Waals surface area contributed by atoms with Gasteiger partial charge in [0, 0.05) is 11.3 Å². The molecular weight excluding hydrogens is 449 g/mol. The van der Waals surface area contributed by atoms with E-state index in [1.807, 2.05) is 6.08 Å². The van der Waals surface area contributed by atoms with Crippen LogP contribution in [0.1, 0.15) is 54.4 Å². The smallest absolute Gasteiger partial charge is 0.192 e. The van der Waals surface area contributed by atoms with Gasteiger partial charge in [-0.3, -0.25) is 0 Å². The van der Waals surface area contributed by atoms with Gasteiger partial charge in [-0.2, -0.15) is 0 Å². The fraction of sp³-hybridized carbons (Fsp3) is 0.692. The number of hydrogen-bond acceptors (Lipinski definition) is 4. The van der Waals surface area contributed by atoms with Crippen molar-refractivity contribution in [1.29, 1.82) is 0 Å². The van der Waals surface area contributed by atoms with Crippen LogP contribution in [0, 0.1) is 0 Å². The highest BCUT2D eigenvalue weighted by molar-refractivity contribution is 7.99. The van der Waals surface area contributed by atoms with Crippen LogP contribution in [0.3, 0.4) is 0 Å². The molecule has 3 nitrogen and oxygen atoms in total. The van der Waals surface area contributed by atoms with E-state index in [2.05, 4.69) is 105 Å². The molecule has 32 heavy (non-hydrogen) atoms. The third-order valence-electron chi connectivity index (χ3n) is 7.59. The van der Waals surface area contributed by atoms with Gasteiger partial charge in [-0.25, -0.2) is 0 Å². The largest absolute Gasteiger partial charge is 0.414 e. The molecule has 2 rings (SSSR count). The van der Waals surface area contributed by atoms with E-state index in [-0.39, 0.29) is 21.6 Å². The standard InChI is InChI=1S/C26H46O3SSi2/c1-12-18-26(20-27-31(8,9)24(2,3)4)22(29-32(10,11)25(5,6)7)19-23(28-26)30-21-16-14-13-15-17-21/h12-17,22-23H,1,18-20H2,2-11H3/t22-,23?,26-/m1/s1. The minimum atomic E-state index is -1.99. The van der Waals surface area contributed by atoms with E-state index in [1.165, 1.54) is 4.90 Å². The Labute approximate surface area is 204 Å². The van der Waals surface area contributed by atoms with Crippen LogP contribution in [0.15, 0.2) is 47.9 Å². The van der Waals surface area contributed by atoms with Crippen LogP contribution >= 0.6 is 11.8 Å². The second-order valence-electron chi connectivity index (χ2n) is 12.2. The molecule has 1 aliphatic heterocycles. The van der Waals surface area contributed by atoms with Crippen molar-refractivity contribution in [2.24, 2.45) is 0 Å². The molecule has 1 heterocycles. The first-order chi connectivity index (χ1) is 14.5. The molecule has 3 atom stereocenters. The first-order valence-electron chi connectivity index (χ1n) is 11.9. The van der Waals surface area contributed by atoms with Crippen LogP contribution in [0.25, 0.3) is 0 Å². The Hall–Kier alpha value is -0.376. The van der Waals surface area contributed by atoms with Crippen molar-refractivity contribution in [2.75, 3.05) is 6.61 Å². The second-order valence-corrected chi connectivity index (χ2v) is 23.0. The van der Waals surface area contributed by atoms with Crippen molar-refractivity contribution < 1.29 is 13.6 Å². The average molecular weight is 495 g/mol. The number of rotatable bonds is 9. The summed E-state index contributed by atoms with van der Waals surface area (Å²) in [4.78, 5) is 1.23. The molecule has 0 spiro atoms. The highest BCUT2D eigenvalue weighted by Crippen LogP contribution is 2.48. The van der Waals surface area contributed by atoms with Crippen molar-refractivity contribution in [2.45, 2.75) is 113 Å². The minimum absolute atomic E-state index is 0.00706. The molecule has 0 bridgehead atoms. The Kier molecular flexibility index (Phi) is 8.78.